The van der Waals surface area contributed by atoms with E-state index in [4.69, 9.17) is 17.3 Å². The molecule has 1 fully saturated rings. The molecule has 0 spiro atoms. The van der Waals surface area contributed by atoms with Crippen LogP contribution in [0.4, 0.5) is 4.39 Å². The van der Waals surface area contributed by atoms with E-state index in [1.165, 1.54) is 31.7 Å². The molecule has 1 aromatic carbocycles. The maximum atomic E-state index is 13.9. The normalized spacial score (nSPS) is 19.2. The van der Waals surface area contributed by atoms with Crippen LogP contribution in [0.5, 0.6) is 0 Å². The van der Waals surface area contributed by atoms with E-state index in [-0.39, 0.29) is 12.4 Å². The van der Waals surface area contributed by atoms with Crippen LogP contribution in [0.3, 0.4) is 0 Å². The summed E-state index contributed by atoms with van der Waals surface area (Å²) in [5.74, 6) is -0.0999. The van der Waals surface area contributed by atoms with Crippen molar-refractivity contribution >= 4 is 11.6 Å². The number of nitrogens with two attached hydrogens (primary N) is 1. The SMILES string of the molecule is NCC(c1c(F)cccc1Cl)C(O)CCC1CCCC1. The van der Waals surface area contributed by atoms with Gasteiger partial charge in [0.05, 0.1) is 6.10 Å². The van der Waals surface area contributed by atoms with Gasteiger partial charge in [0.1, 0.15) is 5.82 Å². The molecule has 0 aromatic heterocycles. The summed E-state index contributed by atoms with van der Waals surface area (Å²) in [5, 5.41) is 10.7. The number of aliphatic hydroxyl groups excluding tert-OH is 1. The molecule has 1 aromatic rings. The van der Waals surface area contributed by atoms with Gasteiger partial charge in [-0.25, -0.2) is 4.39 Å². The van der Waals surface area contributed by atoms with E-state index in [1.807, 2.05) is 0 Å². The van der Waals surface area contributed by atoms with Crippen molar-refractivity contribution in [3.8, 4) is 0 Å². The molecule has 4 heteroatoms. The van der Waals surface area contributed by atoms with Crippen molar-refractivity contribution in [2.24, 2.45) is 11.7 Å². The highest BCUT2D eigenvalue weighted by molar-refractivity contribution is 6.31. The van der Waals surface area contributed by atoms with Crippen molar-refractivity contribution in [2.45, 2.75) is 50.5 Å². The molecule has 112 valence electrons. The van der Waals surface area contributed by atoms with Crippen LogP contribution >= 0.6 is 11.6 Å². The Balaban J connectivity index is 2.02. The summed E-state index contributed by atoms with van der Waals surface area (Å²) in [5.41, 5.74) is 6.10. The van der Waals surface area contributed by atoms with E-state index in [9.17, 15) is 9.50 Å². The second-order valence-corrected chi connectivity index (χ2v) is 6.18. The van der Waals surface area contributed by atoms with Gasteiger partial charge in [-0.2, -0.15) is 0 Å². The fourth-order valence-electron chi connectivity index (χ4n) is 3.24. The molecule has 0 aliphatic heterocycles. The van der Waals surface area contributed by atoms with Gasteiger partial charge in [0.2, 0.25) is 0 Å². The average Bonchev–Trinajstić information content (AvgIpc) is 2.93. The molecule has 0 bridgehead atoms. The summed E-state index contributed by atoms with van der Waals surface area (Å²) in [6, 6.07) is 4.58. The molecule has 20 heavy (non-hydrogen) atoms. The zero-order valence-electron chi connectivity index (χ0n) is 11.7. The summed E-state index contributed by atoms with van der Waals surface area (Å²) in [4.78, 5) is 0. The maximum absolute atomic E-state index is 13.9. The third kappa shape index (κ3) is 3.72. The van der Waals surface area contributed by atoms with Crippen molar-refractivity contribution in [1.82, 2.24) is 0 Å². The third-order valence-corrected chi connectivity index (χ3v) is 4.76. The second kappa shape index (κ2) is 7.39. The topological polar surface area (TPSA) is 46.2 Å². The first-order valence-corrected chi connectivity index (χ1v) is 7.83. The lowest BCUT2D eigenvalue weighted by Gasteiger charge is -2.24. The van der Waals surface area contributed by atoms with Crippen molar-refractivity contribution in [3.63, 3.8) is 0 Å². The first kappa shape index (κ1) is 15.7. The van der Waals surface area contributed by atoms with Crippen LogP contribution in [0.15, 0.2) is 18.2 Å². The molecule has 0 heterocycles. The van der Waals surface area contributed by atoms with E-state index in [0.717, 1.165) is 6.42 Å². The number of hydrogen-bond donors (Lipinski definition) is 2. The number of hydrogen-bond acceptors (Lipinski definition) is 2. The highest BCUT2D eigenvalue weighted by atomic mass is 35.5. The van der Waals surface area contributed by atoms with Gasteiger partial charge in [0.25, 0.3) is 0 Å². The van der Waals surface area contributed by atoms with Crippen molar-refractivity contribution < 1.29 is 9.50 Å². The van der Waals surface area contributed by atoms with Gasteiger partial charge in [-0.1, -0.05) is 43.4 Å². The van der Waals surface area contributed by atoms with Gasteiger partial charge in [0, 0.05) is 23.0 Å². The van der Waals surface area contributed by atoms with Crippen LogP contribution in [0.2, 0.25) is 5.02 Å². The number of benzene rings is 1. The van der Waals surface area contributed by atoms with E-state index in [2.05, 4.69) is 0 Å². The van der Waals surface area contributed by atoms with Gasteiger partial charge >= 0.3 is 0 Å². The van der Waals surface area contributed by atoms with E-state index in [0.29, 0.717) is 22.9 Å². The van der Waals surface area contributed by atoms with Gasteiger partial charge in [-0.3, -0.25) is 0 Å². The van der Waals surface area contributed by atoms with Gasteiger partial charge < -0.3 is 10.8 Å². The monoisotopic (exact) mass is 299 g/mol. The molecule has 2 rings (SSSR count). The van der Waals surface area contributed by atoms with E-state index in [1.54, 1.807) is 12.1 Å². The minimum Gasteiger partial charge on any atom is -0.392 e. The summed E-state index contributed by atoms with van der Waals surface area (Å²) in [6.07, 6.45) is 6.11. The van der Waals surface area contributed by atoms with Gasteiger partial charge in [-0.05, 0) is 30.9 Å². The molecule has 0 amide bonds. The fourth-order valence-corrected chi connectivity index (χ4v) is 3.54. The summed E-state index contributed by atoms with van der Waals surface area (Å²) in [7, 11) is 0. The predicted octanol–water partition coefficient (Wildman–Crippen LogP) is 3.85. The minimum atomic E-state index is -0.630. The highest BCUT2D eigenvalue weighted by Crippen LogP contribution is 2.33. The summed E-state index contributed by atoms with van der Waals surface area (Å²) >= 11 is 6.07. The number of rotatable bonds is 6. The van der Waals surface area contributed by atoms with Crippen molar-refractivity contribution in [3.05, 3.63) is 34.6 Å². The molecule has 0 saturated heterocycles. The maximum Gasteiger partial charge on any atom is 0.128 e. The Hall–Kier alpha value is -0.640. The standard InChI is InChI=1S/C16H23ClFNO/c17-13-6-3-7-14(18)16(13)12(10-19)15(20)9-8-11-4-1-2-5-11/h3,6-7,11-12,15,20H,1-2,4-5,8-10,19H2. The molecule has 3 N–H and O–H groups in total. The van der Waals surface area contributed by atoms with Gasteiger partial charge in [0.15, 0.2) is 0 Å². The molecule has 0 radical (unpaired) electrons. The number of aliphatic hydroxyl groups is 1. The fraction of sp³-hybridized carbons (Fsp3) is 0.625. The molecule has 2 atom stereocenters. The van der Waals surface area contributed by atoms with E-state index < -0.39 is 12.0 Å². The van der Waals surface area contributed by atoms with Crippen molar-refractivity contribution in [2.75, 3.05) is 6.54 Å². The Morgan fingerprint density at radius 3 is 2.65 bits per heavy atom. The molecular weight excluding hydrogens is 277 g/mol. The smallest absolute Gasteiger partial charge is 0.128 e. The first-order chi connectivity index (χ1) is 9.63. The second-order valence-electron chi connectivity index (χ2n) is 5.77. The molecule has 2 nitrogen and oxygen atoms in total. The van der Waals surface area contributed by atoms with Crippen molar-refractivity contribution in [1.29, 1.82) is 0 Å². The van der Waals surface area contributed by atoms with Crippen LogP contribution in [0.1, 0.15) is 50.0 Å². The molecular formula is C16H23ClFNO. The predicted molar refractivity (Wildman–Crippen MR) is 80.4 cm³/mol. The Morgan fingerprint density at radius 2 is 2.05 bits per heavy atom. The molecule has 1 aliphatic rings. The molecule has 2 unspecified atom stereocenters. The van der Waals surface area contributed by atoms with Gasteiger partial charge in [-0.15, -0.1) is 0 Å². The van der Waals surface area contributed by atoms with Crippen LogP contribution < -0.4 is 5.73 Å². The third-order valence-electron chi connectivity index (χ3n) is 4.43. The minimum absolute atomic E-state index is 0.201. The lowest BCUT2D eigenvalue weighted by atomic mass is 9.88. The zero-order chi connectivity index (χ0) is 14.5. The van der Waals surface area contributed by atoms with Crippen LogP contribution in [0.25, 0.3) is 0 Å². The summed E-state index contributed by atoms with van der Waals surface area (Å²) < 4.78 is 13.9. The quantitative estimate of drug-likeness (QED) is 0.838. The van der Waals surface area contributed by atoms with E-state index >= 15 is 0 Å². The van der Waals surface area contributed by atoms with Crippen LogP contribution in [0, 0.1) is 11.7 Å². The van der Waals surface area contributed by atoms with Crippen LogP contribution in [-0.2, 0) is 0 Å². The Labute approximate surface area is 125 Å². The number of halogens is 2. The Morgan fingerprint density at radius 1 is 1.35 bits per heavy atom. The largest absolute Gasteiger partial charge is 0.392 e. The lowest BCUT2D eigenvalue weighted by Crippen LogP contribution is -2.27. The Kier molecular flexibility index (Phi) is 5.82. The Bertz CT molecular complexity index is 414. The summed E-state index contributed by atoms with van der Waals surface area (Å²) in [6.45, 7) is 0.201. The van der Waals surface area contributed by atoms with Crippen LogP contribution in [-0.4, -0.2) is 17.8 Å². The zero-order valence-corrected chi connectivity index (χ0v) is 12.5. The molecule has 1 aliphatic carbocycles. The molecule has 1 saturated carbocycles. The lowest BCUT2D eigenvalue weighted by molar-refractivity contribution is 0.125. The highest BCUT2D eigenvalue weighted by Gasteiger charge is 2.26. The first-order valence-electron chi connectivity index (χ1n) is 7.45. The average molecular weight is 300 g/mol.